The number of fused-ring (bicyclic) bond motifs is 1. The Hall–Kier alpha value is -5.78. The second-order valence-corrected chi connectivity index (χ2v) is 15.8. The van der Waals surface area contributed by atoms with E-state index in [2.05, 4.69) is 31.2 Å². The Morgan fingerprint density at radius 1 is 0.800 bits per heavy atom. The van der Waals surface area contributed by atoms with Gasteiger partial charge in [-0.05, 0) is 33.4 Å². The van der Waals surface area contributed by atoms with Crippen LogP contribution in [0.2, 0.25) is 0 Å². The molecule has 0 aliphatic rings. The fourth-order valence-electron chi connectivity index (χ4n) is 6.17. The molecule has 0 saturated heterocycles. The molecule has 0 radical (unpaired) electrons. The van der Waals surface area contributed by atoms with E-state index in [0.29, 0.717) is 12.1 Å². The van der Waals surface area contributed by atoms with Crippen molar-refractivity contribution in [2.75, 3.05) is 6.16 Å². The Labute approximate surface area is 320 Å². The van der Waals surface area contributed by atoms with Gasteiger partial charge in [0, 0.05) is 31.3 Å². The highest BCUT2D eigenvalue weighted by Crippen LogP contribution is 2.48. The van der Waals surface area contributed by atoms with Gasteiger partial charge in [-0.2, -0.15) is 0 Å². The van der Waals surface area contributed by atoms with Gasteiger partial charge in [-0.15, -0.1) is 0 Å². The standard InChI is InChI=1S/C41H47N6O7P/c1-3-28(2)40(55(52,53)26-37(48)43-23-29-13-6-4-7-14-29)47-39(50)36(22-33-24-42-27-44-33)45-38(49)35(46-41(51)54-25-30-15-8-5-9-16-30)21-32-19-12-18-31-17-10-11-20-34(31)32/h4-20,24,27-28,35-36,40H,3,21-23,25-26H2,1-2H3,(H,42,44)(H,43,48)(H,45,49)(H,46,51)(H,47,50)(H,52,53)/t28?,35-,36-,40?/m1/s1. The van der Waals surface area contributed by atoms with Crippen LogP contribution in [-0.2, 0) is 49.7 Å². The molecular formula is C41H47N6O7P. The predicted molar refractivity (Wildman–Crippen MR) is 210 cm³/mol. The summed E-state index contributed by atoms with van der Waals surface area (Å²) in [5.74, 6) is -3.88. The summed E-state index contributed by atoms with van der Waals surface area (Å²) in [6, 6.07) is 29.1. The minimum atomic E-state index is -4.34. The van der Waals surface area contributed by atoms with Crippen LogP contribution in [0.25, 0.3) is 10.8 Å². The van der Waals surface area contributed by atoms with Gasteiger partial charge in [0.05, 0.1) is 6.33 Å². The number of carbonyl (C=O) groups is 4. The first-order valence-electron chi connectivity index (χ1n) is 18.2. The number of hydrogen-bond acceptors (Lipinski definition) is 7. The van der Waals surface area contributed by atoms with Crippen LogP contribution in [0.4, 0.5) is 4.79 Å². The Morgan fingerprint density at radius 2 is 1.44 bits per heavy atom. The molecule has 4 aromatic carbocycles. The summed E-state index contributed by atoms with van der Waals surface area (Å²) in [6.45, 7) is 3.67. The summed E-state index contributed by atoms with van der Waals surface area (Å²) in [5.41, 5.74) is 2.87. The van der Waals surface area contributed by atoms with E-state index in [1.807, 2.05) is 97.9 Å². The highest BCUT2D eigenvalue weighted by Gasteiger charge is 2.39. The van der Waals surface area contributed by atoms with E-state index in [1.165, 1.54) is 12.5 Å². The first kappa shape index (κ1) is 40.4. The van der Waals surface area contributed by atoms with Crippen molar-refractivity contribution in [1.82, 2.24) is 31.2 Å². The van der Waals surface area contributed by atoms with Crippen molar-refractivity contribution < 1.29 is 33.4 Å². The molecular weight excluding hydrogens is 719 g/mol. The Morgan fingerprint density at radius 3 is 2.13 bits per heavy atom. The number of nitrogens with one attached hydrogen (secondary N) is 5. The number of aromatic nitrogens is 2. The molecule has 0 aliphatic carbocycles. The quantitative estimate of drug-likeness (QED) is 0.0656. The molecule has 1 aromatic heterocycles. The summed E-state index contributed by atoms with van der Waals surface area (Å²) in [5, 5.41) is 12.7. The van der Waals surface area contributed by atoms with Gasteiger partial charge in [0.1, 0.15) is 30.6 Å². The number of alkyl carbamates (subject to hydrolysis) is 1. The molecule has 5 rings (SSSR count). The third-order valence-corrected chi connectivity index (χ3v) is 11.6. The van der Waals surface area contributed by atoms with E-state index in [4.69, 9.17) is 4.74 Å². The van der Waals surface area contributed by atoms with Crippen LogP contribution in [0, 0.1) is 5.92 Å². The number of ether oxygens (including phenoxy) is 1. The number of hydrogen-bond donors (Lipinski definition) is 6. The first-order valence-corrected chi connectivity index (χ1v) is 20.1. The van der Waals surface area contributed by atoms with Crippen molar-refractivity contribution >= 4 is 42.0 Å². The lowest BCUT2D eigenvalue weighted by Gasteiger charge is -2.31. The predicted octanol–water partition coefficient (Wildman–Crippen LogP) is 5.20. The Balaban J connectivity index is 1.36. The summed E-state index contributed by atoms with van der Waals surface area (Å²) in [7, 11) is -4.34. The second kappa shape index (κ2) is 19.5. The number of amides is 4. The third-order valence-electron chi connectivity index (χ3n) is 9.35. The van der Waals surface area contributed by atoms with Crippen molar-refractivity contribution in [3.8, 4) is 0 Å². The number of nitrogens with zero attached hydrogens (tertiary/aromatic N) is 1. The average molecular weight is 767 g/mol. The van der Waals surface area contributed by atoms with Crippen molar-refractivity contribution in [3.63, 3.8) is 0 Å². The van der Waals surface area contributed by atoms with Gasteiger partial charge in [-0.1, -0.05) is 123 Å². The molecule has 0 saturated carbocycles. The van der Waals surface area contributed by atoms with Crippen LogP contribution in [-0.4, -0.2) is 62.7 Å². The largest absolute Gasteiger partial charge is 0.445 e. The zero-order valence-corrected chi connectivity index (χ0v) is 31.7. The lowest BCUT2D eigenvalue weighted by Crippen LogP contribution is -2.56. The van der Waals surface area contributed by atoms with E-state index in [1.54, 1.807) is 19.1 Å². The second-order valence-electron chi connectivity index (χ2n) is 13.5. The minimum Gasteiger partial charge on any atom is -0.445 e. The maximum Gasteiger partial charge on any atom is 0.408 e. The van der Waals surface area contributed by atoms with Crippen LogP contribution >= 0.6 is 7.37 Å². The molecule has 288 valence electrons. The summed E-state index contributed by atoms with van der Waals surface area (Å²) in [6.07, 6.45) is 1.80. The molecule has 0 spiro atoms. The maximum absolute atomic E-state index is 14.2. The van der Waals surface area contributed by atoms with Gasteiger partial charge in [-0.25, -0.2) is 9.78 Å². The average Bonchev–Trinajstić information content (AvgIpc) is 3.71. The fourth-order valence-corrected chi connectivity index (χ4v) is 8.23. The van der Waals surface area contributed by atoms with E-state index in [0.717, 1.165) is 27.5 Å². The summed E-state index contributed by atoms with van der Waals surface area (Å²) >= 11 is 0. The molecule has 1 heterocycles. The SMILES string of the molecule is CCC(C)C(NC(=O)[C@@H](Cc1cnc[nH]1)NC(=O)[C@@H](Cc1cccc2ccccc12)NC(=O)OCc1ccccc1)P(=O)(O)CC(=O)NCc1ccccc1. The molecule has 13 nitrogen and oxygen atoms in total. The number of H-pyrrole nitrogens is 1. The van der Waals surface area contributed by atoms with Crippen molar-refractivity contribution in [2.45, 2.75) is 64.1 Å². The molecule has 0 bridgehead atoms. The normalized spacial score (nSPS) is 14.4. The van der Waals surface area contributed by atoms with Crippen molar-refractivity contribution in [2.24, 2.45) is 5.92 Å². The van der Waals surface area contributed by atoms with E-state index >= 15 is 0 Å². The number of rotatable bonds is 18. The van der Waals surface area contributed by atoms with Crippen molar-refractivity contribution in [3.05, 3.63) is 138 Å². The summed E-state index contributed by atoms with van der Waals surface area (Å²) < 4.78 is 19.3. The minimum absolute atomic E-state index is 0.0252. The molecule has 5 atom stereocenters. The van der Waals surface area contributed by atoms with E-state index in [9.17, 15) is 28.6 Å². The van der Waals surface area contributed by atoms with Crippen molar-refractivity contribution in [1.29, 1.82) is 0 Å². The molecule has 0 fully saturated rings. The van der Waals surface area contributed by atoms with Crippen LogP contribution in [0.3, 0.4) is 0 Å². The summed E-state index contributed by atoms with van der Waals surface area (Å²) in [4.78, 5) is 72.6. The maximum atomic E-state index is 14.2. The lowest BCUT2D eigenvalue weighted by molar-refractivity contribution is -0.130. The number of aromatic amines is 1. The highest BCUT2D eigenvalue weighted by atomic mass is 31.2. The van der Waals surface area contributed by atoms with E-state index < -0.39 is 61.1 Å². The van der Waals surface area contributed by atoms with Gasteiger partial charge in [0.15, 0.2) is 0 Å². The Kier molecular flexibility index (Phi) is 14.3. The molecule has 3 unspecified atom stereocenters. The molecule has 0 aliphatic heterocycles. The topological polar surface area (TPSA) is 192 Å². The van der Waals surface area contributed by atoms with Gasteiger partial charge in [-0.3, -0.25) is 18.9 Å². The van der Waals surface area contributed by atoms with E-state index in [-0.39, 0.29) is 26.0 Å². The molecule has 4 amide bonds. The van der Waals surface area contributed by atoms with Gasteiger partial charge in [0.2, 0.25) is 25.1 Å². The molecule has 55 heavy (non-hydrogen) atoms. The zero-order valence-electron chi connectivity index (χ0n) is 30.8. The van der Waals surface area contributed by atoms with Crippen LogP contribution in [0.15, 0.2) is 116 Å². The highest BCUT2D eigenvalue weighted by molar-refractivity contribution is 7.59. The molecule has 5 aromatic rings. The fraction of sp³-hybridized carbons (Fsp3) is 0.293. The molecule has 6 N–H and O–H groups in total. The number of imidazole rings is 1. The molecule has 14 heteroatoms. The van der Waals surface area contributed by atoms with Gasteiger partial charge in [0.25, 0.3) is 0 Å². The van der Waals surface area contributed by atoms with Crippen LogP contribution < -0.4 is 21.3 Å². The first-order chi connectivity index (χ1) is 26.5. The Bertz CT molecular complexity index is 2080. The number of benzene rings is 4. The van der Waals surface area contributed by atoms with Gasteiger partial charge < -0.3 is 35.9 Å². The monoisotopic (exact) mass is 766 g/mol. The zero-order chi connectivity index (χ0) is 39.2. The smallest absolute Gasteiger partial charge is 0.408 e. The number of carbonyl (C=O) groups excluding carboxylic acids is 4. The van der Waals surface area contributed by atoms with Gasteiger partial charge >= 0.3 is 6.09 Å². The van der Waals surface area contributed by atoms with Crippen LogP contribution in [0.5, 0.6) is 0 Å². The third kappa shape index (κ3) is 11.9. The van der Waals surface area contributed by atoms with Crippen LogP contribution in [0.1, 0.15) is 42.7 Å². The lowest BCUT2D eigenvalue weighted by atomic mass is 9.98.